The second-order valence-electron chi connectivity index (χ2n) is 5.65. The number of aliphatic carboxylic acids is 1. The van der Waals surface area contributed by atoms with E-state index in [4.69, 9.17) is 5.11 Å². The normalized spacial score (nSPS) is 32.5. The van der Waals surface area contributed by atoms with E-state index in [1.807, 2.05) is 0 Å². The third-order valence-corrected chi connectivity index (χ3v) is 4.59. The number of carboxylic acids is 1. The largest absolute Gasteiger partial charge is 0.480 e. The Morgan fingerprint density at radius 3 is 2.39 bits per heavy atom. The zero-order valence-corrected chi connectivity index (χ0v) is 11.1. The van der Waals surface area contributed by atoms with Crippen LogP contribution in [0.25, 0.3) is 0 Å². The molecule has 1 atom stereocenters. The molecule has 0 aromatic heterocycles. The van der Waals surface area contributed by atoms with Crippen molar-refractivity contribution in [2.45, 2.75) is 57.9 Å². The molecule has 1 aliphatic carbocycles. The molecular weight excluding hydrogens is 230 g/mol. The SMILES string of the molecule is CCC1CCC(C(=O)N2CCCC2C(=O)O)CC1. The van der Waals surface area contributed by atoms with Crippen LogP contribution in [0.1, 0.15) is 51.9 Å². The molecule has 1 unspecified atom stereocenters. The summed E-state index contributed by atoms with van der Waals surface area (Å²) in [6.07, 6.45) is 6.78. The molecule has 1 aliphatic heterocycles. The lowest BCUT2D eigenvalue weighted by atomic mass is 9.80. The molecule has 1 saturated carbocycles. The van der Waals surface area contributed by atoms with E-state index in [2.05, 4.69) is 6.92 Å². The summed E-state index contributed by atoms with van der Waals surface area (Å²) in [5.74, 6) is 0.0909. The van der Waals surface area contributed by atoms with Gasteiger partial charge in [-0.15, -0.1) is 0 Å². The number of nitrogens with zero attached hydrogens (tertiary/aromatic N) is 1. The van der Waals surface area contributed by atoms with E-state index < -0.39 is 12.0 Å². The zero-order chi connectivity index (χ0) is 13.1. The Morgan fingerprint density at radius 2 is 1.83 bits per heavy atom. The zero-order valence-electron chi connectivity index (χ0n) is 11.1. The van der Waals surface area contributed by atoms with Crippen LogP contribution in [0, 0.1) is 11.8 Å². The number of rotatable bonds is 3. The van der Waals surface area contributed by atoms with Gasteiger partial charge in [-0.1, -0.05) is 13.3 Å². The van der Waals surface area contributed by atoms with E-state index in [0.717, 1.165) is 38.0 Å². The molecule has 0 bridgehead atoms. The highest BCUT2D eigenvalue weighted by Gasteiger charge is 2.37. The quantitative estimate of drug-likeness (QED) is 0.839. The lowest BCUT2D eigenvalue weighted by molar-refractivity contribution is -0.150. The monoisotopic (exact) mass is 253 g/mol. The van der Waals surface area contributed by atoms with Crippen LogP contribution in [-0.2, 0) is 9.59 Å². The van der Waals surface area contributed by atoms with Gasteiger partial charge in [-0.2, -0.15) is 0 Å². The van der Waals surface area contributed by atoms with Crippen molar-refractivity contribution < 1.29 is 14.7 Å². The maximum atomic E-state index is 12.4. The first kappa shape index (κ1) is 13.4. The molecule has 4 nitrogen and oxygen atoms in total. The number of hydrogen-bond acceptors (Lipinski definition) is 2. The molecule has 2 aliphatic rings. The summed E-state index contributed by atoms with van der Waals surface area (Å²) in [6, 6.07) is -0.568. The molecule has 102 valence electrons. The van der Waals surface area contributed by atoms with E-state index in [0.29, 0.717) is 13.0 Å². The molecule has 2 fully saturated rings. The predicted molar refractivity (Wildman–Crippen MR) is 68.1 cm³/mol. The highest BCUT2D eigenvalue weighted by molar-refractivity contribution is 5.85. The Balaban J connectivity index is 1.93. The smallest absolute Gasteiger partial charge is 0.326 e. The Kier molecular flexibility index (Phi) is 4.25. The average Bonchev–Trinajstić information content (AvgIpc) is 2.87. The van der Waals surface area contributed by atoms with Gasteiger partial charge in [-0.25, -0.2) is 4.79 Å². The fourth-order valence-electron chi connectivity index (χ4n) is 3.34. The van der Waals surface area contributed by atoms with E-state index in [-0.39, 0.29) is 11.8 Å². The summed E-state index contributed by atoms with van der Waals surface area (Å²) in [6.45, 7) is 2.83. The van der Waals surface area contributed by atoms with Crippen molar-refractivity contribution in [3.8, 4) is 0 Å². The first-order chi connectivity index (χ1) is 8.63. The van der Waals surface area contributed by atoms with Gasteiger partial charge in [0.1, 0.15) is 6.04 Å². The molecule has 0 spiro atoms. The lowest BCUT2D eigenvalue weighted by Gasteiger charge is -2.31. The van der Waals surface area contributed by atoms with Gasteiger partial charge in [0.2, 0.25) is 5.91 Å². The second-order valence-corrected chi connectivity index (χ2v) is 5.65. The predicted octanol–water partition coefficient (Wildman–Crippen LogP) is 2.28. The van der Waals surface area contributed by atoms with Gasteiger partial charge in [-0.05, 0) is 44.4 Å². The minimum atomic E-state index is -0.844. The summed E-state index contributed by atoms with van der Waals surface area (Å²) in [7, 11) is 0. The van der Waals surface area contributed by atoms with Gasteiger partial charge in [0.05, 0.1) is 0 Å². The summed E-state index contributed by atoms with van der Waals surface area (Å²) >= 11 is 0. The molecule has 0 radical (unpaired) electrons. The number of carboxylic acid groups (broad SMARTS) is 1. The van der Waals surface area contributed by atoms with Crippen LogP contribution in [0.3, 0.4) is 0 Å². The average molecular weight is 253 g/mol. The maximum Gasteiger partial charge on any atom is 0.326 e. The van der Waals surface area contributed by atoms with Gasteiger partial charge in [-0.3, -0.25) is 4.79 Å². The molecule has 0 aromatic rings. The highest BCUT2D eigenvalue weighted by atomic mass is 16.4. The number of hydrogen-bond donors (Lipinski definition) is 1. The van der Waals surface area contributed by atoms with Crippen LogP contribution < -0.4 is 0 Å². The molecule has 1 saturated heterocycles. The molecule has 1 heterocycles. The van der Waals surface area contributed by atoms with Crippen molar-refractivity contribution >= 4 is 11.9 Å². The van der Waals surface area contributed by atoms with Crippen molar-refractivity contribution in [3.05, 3.63) is 0 Å². The molecule has 18 heavy (non-hydrogen) atoms. The number of amides is 1. The third kappa shape index (κ3) is 2.68. The Morgan fingerprint density at radius 1 is 1.17 bits per heavy atom. The molecule has 1 amide bonds. The van der Waals surface area contributed by atoms with Gasteiger partial charge in [0.25, 0.3) is 0 Å². The standard InChI is InChI=1S/C14H23NO3/c1-2-10-5-7-11(8-6-10)13(16)15-9-3-4-12(15)14(17)18/h10-12H,2-9H2,1H3,(H,17,18). The van der Waals surface area contributed by atoms with Crippen LogP contribution in [0.2, 0.25) is 0 Å². The minimum absolute atomic E-state index is 0.0766. The Bertz CT molecular complexity index is 321. The number of carbonyl (C=O) groups is 2. The molecular formula is C14H23NO3. The highest BCUT2D eigenvalue weighted by Crippen LogP contribution is 2.33. The first-order valence-electron chi connectivity index (χ1n) is 7.16. The lowest BCUT2D eigenvalue weighted by Crippen LogP contribution is -2.44. The second kappa shape index (κ2) is 5.72. The third-order valence-electron chi connectivity index (χ3n) is 4.59. The van der Waals surface area contributed by atoms with E-state index in [1.165, 1.54) is 6.42 Å². The number of likely N-dealkylation sites (tertiary alicyclic amines) is 1. The summed E-state index contributed by atoms with van der Waals surface area (Å²) in [4.78, 5) is 25.1. The van der Waals surface area contributed by atoms with Gasteiger partial charge >= 0.3 is 5.97 Å². The van der Waals surface area contributed by atoms with E-state index in [1.54, 1.807) is 4.90 Å². The fraction of sp³-hybridized carbons (Fsp3) is 0.857. The van der Waals surface area contributed by atoms with Gasteiger partial charge < -0.3 is 10.0 Å². The molecule has 2 rings (SSSR count). The Labute approximate surface area is 108 Å². The van der Waals surface area contributed by atoms with Crippen molar-refractivity contribution in [2.24, 2.45) is 11.8 Å². The maximum absolute atomic E-state index is 12.4. The molecule has 1 N–H and O–H groups in total. The van der Waals surface area contributed by atoms with Crippen molar-refractivity contribution in [1.82, 2.24) is 4.90 Å². The van der Waals surface area contributed by atoms with E-state index in [9.17, 15) is 9.59 Å². The van der Waals surface area contributed by atoms with Gasteiger partial charge in [0.15, 0.2) is 0 Å². The fourth-order valence-corrected chi connectivity index (χ4v) is 3.34. The molecule has 4 heteroatoms. The summed E-state index contributed by atoms with van der Waals surface area (Å²) < 4.78 is 0. The van der Waals surface area contributed by atoms with E-state index >= 15 is 0 Å². The van der Waals surface area contributed by atoms with Crippen molar-refractivity contribution in [1.29, 1.82) is 0 Å². The van der Waals surface area contributed by atoms with Gasteiger partial charge in [0, 0.05) is 12.5 Å². The van der Waals surface area contributed by atoms with Crippen LogP contribution in [-0.4, -0.2) is 34.5 Å². The van der Waals surface area contributed by atoms with Crippen LogP contribution >= 0.6 is 0 Å². The molecule has 0 aromatic carbocycles. The van der Waals surface area contributed by atoms with Crippen molar-refractivity contribution in [3.63, 3.8) is 0 Å². The number of carbonyl (C=O) groups excluding carboxylic acids is 1. The minimum Gasteiger partial charge on any atom is -0.480 e. The Hall–Kier alpha value is -1.06. The summed E-state index contributed by atoms with van der Waals surface area (Å²) in [5.41, 5.74) is 0. The van der Waals surface area contributed by atoms with Crippen LogP contribution in [0.4, 0.5) is 0 Å². The van der Waals surface area contributed by atoms with Crippen molar-refractivity contribution in [2.75, 3.05) is 6.54 Å². The first-order valence-corrected chi connectivity index (χ1v) is 7.16. The van der Waals surface area contributed by atoms with Crippen LogP contribution in [0.15, 0.2) is 0 Å². The summed E-state index contributed by atoms with van der Waals surface area (Å²) in [5, 5.41) is 9.12. The topological polar surface area (TPSA) is 57.6 Å². The van der Waals surface area contributed by atoms with Crippen LogP contribution in [0.5, 0.6) is 0 Å².